The largest absolute Gasteiger partial charge is 0.295 e. The third kappa shape index (κ3) is 1.93. The van der Waals surface area contributed by atoms with Gasteiger partial charge in [0.2, 0.25) is 11.8 Å². The van der Waals surface area contributed by atoms with E-state index < -0.39 is 35.5 Å². The second-order valence-corrected chi connectivity index (χ2v) is 5.09. The minimum absolute atomic E-state index is 0.0483. The Labute approximate surface area is 118 Å². The number of carbonyl (C=O) groups is 4. The molecule has 1 atom stereocenters. The molecule has 0 spiro atoms. The molecule has 2 aliphatic rings. The van der Waals surface area contributed by atoms with Crippen LogP contribution in [0.1, 0.15) is 39.1 Å². The van der Waals surface area contributed by atoms with Gasteiger partial charge in [0.05, 0.1) is 11.1 Å². The van der Waals surface area contributed by atoms with E-state index in [1.54, 1.807) is 0 Å². The Morgan fingerprint density at radius 1 is 1.14 bits per heavy atom. The number of hydrogen-bond donors (Lipinski definition) is 1. The summed E-state index contributed by atoms with van der Waals surface area (Å²) < 4.78 is 13.6. The number of imide groups is 2. The monoisotopic (exact) mass is 290 g/mol. The standard InChI is InChI=1S/C14H11FN2O4/c1-6-4-7-8(5-9(6)15)14(21)17(13(7)20)10-2-3-11(18)16-12(10)19/h4-5,10H,2-3H2,1H3,(H,16,18,19). The number of fused-ring (bicyclic) bond motifs is 1. The third-order valence-corrected chi connectivity index (χ3v) is 3.72. The highest BCUT2D eigenvalue weighted by atomic mass is 19.1. The molecule has 6 nitrogen and oxygen atoms in total. The SMILES string of the molecule is Cc1cc2c(cc1F)C(=O)N(C1CCC(=O)NC1=O)C2=O. The molecule has 0 saturated carbocycles. The zero-order chi connectivity index (χ0) is 15.3. The van der Waals surface area contributed by atoms with Crippen molar-refractivity contribution in [1.29, 1.82) is 0 Å². The molecule has 0 bridgehead atoms. The lowest BCUT2D eigenvalue weighted by atomic mass is 10.0. The van der Waals surface area contributed by atoms with Gasteiger partial charge in [0, 0.05) is 6.42 Å². The minimum Gasteiger partial charge on any atom is -0.295 e. The highest BCUT2D eigenvalue weighted by molar-refractivity contribution is 6.23. The number of nitrogens with one attached hydrogen (secondary N) is 1. The predicted octanol–water partition coefficient (Wildman–Crippen LogP) is 0.535. The van der Waals surface area contributed by atoms with Gasteiger partial charge in [-0.1, -0.05) is 0 Å². The molecule has 1 aromatic carbocycles. The van der Waals surface area contributed by atoms with E-state index in [1.165, 1.54) is 13.0 Å². The molecule has 1 N–H and O–H groups in total. The van der Waals surface area contributed by atoms with Crippen molar-refractivity contribution >= 4 is 23.6 Å². The summed E-state index contributed by atoms with van der Waals surface area (Å²) in [7, 11) is 0. The van der Waals surface area contributed by atoms with Crippen LogP contribution in [0.4, 0.5) is 4.39 Å². The van der Waals surface area contributed by atoms with E-state index in [0.717, 1.165) is 11.0 Å². The Morgan fingerprint density at radius 2 is 1.76 bits per heavy atom. The van der Waals surface area contributed by atoms with Crippen LogP contribution < -0.4 is 5.32 Å². The van der Waals surface area contributed by atoms with Crippen molar-refractivity contribution in [3.63, 3.8) is 0 Å². The van der Waals surface area contributed by atoms with Gasteiger partial charge >= 0.3 is 0 Å². The number of amides is 4. The van der Waals surface area contributed by atoms with Crippen LogP contribution in [0, 0.1) is 12.7 Å². The van der Waals surface area contributed by atoms with Gasteiger partial charge < -0.3 is 0 Å². The lowest BCUT2D eigenvalue weighted by molar-refractivity contribution is -0.136. The Hall–Kier alpha value is -2.57. The van der Waals surface area contributed by atoms with E-state index in [0.29, 0.717) is 0 Å². The molecule has 3 rings (SSSR count). The van der Waals surface area contributed by atoms with Crippen molar-refractivity contribution in [3.05, 3.63) is 34.6 Å². The average molecular weight is 290 g/mol. The first kappa shape index (κ1) is 13.4. The molecule has 1 aromatic rings. The van der Waals surface area contributed by atoms with Gasteiger partial charge in [-0.15, -0.1) is 0 Å². The molecule has 1 saturated heterocycles. The second kappa shape index (κ2) is 4.47. The number of hydrogen-bond acceptors (Lipinski definition) is 4. The van der Waals surface area contributed by atoms with Gasteiger partial charge in [-0.2, -0.15) is 0 Å². The Kier molecular flexibility index (Phi) is 2.86. The summed E-state index contributed by atoms with van der Waals surface area (Å²) in [6.07, 6.45) is 0.134. The zero-order valence-corrected chi connectivity index (χ0v) is 11.1. The molecule has 0 radical (unpaired) electrons. The van der Waals surface area contributed by atoms with Gasteiger partial charge in [-0.05, 0) is 31.0 Å². The maximum Gasteiger partial charge on any atom is 0.262 e. The van der Waals surface area contributed by atoms with Crippen LogP contribution in [0.25, 0.3) is 0 Å². The molecule has 108 valence electrons. The summed E-state index contributed by atoms with van der Waals surface area (Å²) in [4.78, 5) is 48.3. The van der Waals surface area contributed by atoms with Gasteiger partial charge in [-0.3, -0.25) is 29.4 Å². The predicted molar refractivity (Wildman–Crippen MR) is 67.8 cm³/mol. The van der Waals surface area contributed by atoms with Crippen LogP contribution in [0.3, 0.4) is 0 Å². The molecule has 0 aliphatic carbocycles. The normalized spacial score (nSPS) is 21.6. The quantitative estimate of drug-likeness (QED) is 0.765. The molecule has 1 fully saturated rings. The molecule has 1 unspecified atom stereocenters. The fourth-order valence-electron chi connectivity index (χ4n) is 2.60. The Balaban J connectivity index is 2.00. The maximum atomic E-state index is 13.6. The van der Waals surface area contributed by atoms with Crippen LogP contribution >= 0.6 is 0 Å². The number of rotatable bonds is 1. The lowest BCUT2D eigenvalue weighted by Gasteiger charge is -2.27. The Morgan fingerprint density at radius 3 is 2.38 bits per heavy atom. The first-order valence-corrected chi connectivity index (χ1v) is 6.42. The number of halogens is 1. The Bertz CT molecular complexity index is 672. The molecule has 2 heterocycles. The smallest absolute Gasteiger partial charge is 0.262 e. The van der Waals surface area contributed by atoms with Crippen molar-refractivity contribution < 1.29 is 23.6 Å². The van der Waals surface area contributed by atoms with Crippen LogP contribution in [-0.2, 0) is 9.59 Å². The fraction of sp³-hybridized carbons (Fsp3) is 0.286. The second-order valence-electron chi connectivity index (χ2n) is 5.09. The highest BCUT2D eigenvalue weighted by Gasteiger charge is 2.44. The summed E-state index contributed by atoms with van der Waals surface area (Å²) >= 11 is 0. The van der Waals surface area contributed by atoms with Crippen molar-refractivity contribution in [2.45, 2.75) is 25.8 Å². The van der Waals surface area contributed by atoms with Crippen LogP contribution in [-0.4, -0.2) is 34.6 Å². The molecule has 0 aromatic heterocycles. The summed E-state index contributed by atoms with van der Waals surface area (Å²) in [6.45, 7) is 1.49. The summed E-state index contributed by atoms with van der Waals surface area (Å²) in [5.41, 5.74) is 0.288. The number of aryl methyl sites for hydroxylation is 1. The third-order valence-electron chi connectivity index (χ3n) is 3.72. The summed E-state index contributed by atoms with van der Waals surface area (Å²) in [5.74, 6) is -3.04. The number of nitrogens with zero attached hydrogens (tertiary/aromatic N) is 1. The summed E-state index contributed by atoms with van der Waals surface area (Å²) in [5, 5.41) is 2.10. The molecule has 21 heavy (non-hydrogen) atoms. The van der Waals surface area contributed by atoms with Gasteiger partial charge in [0.25, 0.3) is 11.8 Å². The van der Waals surface area contributed by atoms with Crippen molar-refractivity contribution in [3.8, 4) is 0 Å². The van der Waals surface area contributed by atoms with Gasteiger partial charge in [0.1, 0.15) is 11.9 Å². The molecular weight excluding hydrogens is 279 g/mol. The maximum absolute atomic E-state index is 13.6. The van der Waals surface area contributed by atoms with E-state index in [9.17, 15) is 23.6 Å². The van der Waals surface area contributed by atoms with E-state index in [2.05, 4.69) is 5.32 Å². The van der Waals surface area contributed by atoms with E-state index in [-0.39, 0.29) is 29.5 Å². The first-order chi connectivity index (χ1) is 9.90. The fourth-order valence-corrected chi connectivity index (χ4v) is 2.60. The number of carbonyl (C=O) groups excluding carboxylic acids is 4. The van der Waals surface area contributed by atoms with Crippen LogP contribution in [0.2, 0.25) is 0 Å². The molecule has 4 amide bonds. The van der Waals surface area contributed by atoms with Crippen LogP contribution in [0.15, 0.2) is 12.1 Å². The topological polar surface area (TPSA) is 83.6 Å². The lowest BCUT2D eigenvalue weighted by Crippen LogP contribution is -2.54. The van der Waals surface area contributed by atoms with Crippen LogP contribution in [0.5, 0.6) is 0 Å². The molecule has 2 aliphatic heterocycles. The van der Waals surface area contributed by atoms with Gasteiger partial charge in [0.15, 0.2) is 0 Å². The van der Waals surface area contributed by atoms with Crippen molar-refractivity contribution in [2.75, 3.05) is 0 Å². The van der Waals surface area contributed by atoms with E-state index in [1.807, 2.05) is 0 Å². The molecule has 7 heteroatoms. The highest BCUT2D eigenvalue weighted by Crippen LogP contribution is 2.29. The zero-order valence-electron chi connectivity index (χ0n) is 11.1. The average Bonchev–Trinajstić information content (AvgIpc) is 2.64. The van der Waals surface area contributed by atoms with Crippen molar-refractivity contribution in [2.24, 2.45) is 0 Å². The number of benzene rings is 1. The minimum atomic E-state index is -1.03. The van der Waals surface area contributed by atoms with Crippen molar-refractivity contribution in [1.82, 2.24) is 10.2 Å². The van der Waals surface area contributed by atoms with Gasteiger partial charge in [-0.25, -0.2) is 4.39 Å². The first-order valence-electron chi connectivity index (χ1n) is 6.42. The molecular formula is C14H11FN2O4. The van der Waals surface area contributed by atoms with E-state index in [4.69, 9.17) is 0 Å². The number of piperidine rings is 1. The van der Waals surface area contributed by atoms with E-state index >= 15 is 0 Å². The summed E-state index contributed by atoms with van der Waals surface area (Å²) in [6, 6.07) is 1.28.